The van der Waals surface area contributed by atoms with Gasteiger partial charge >= 0.3 is 6.09 Å². The van der Waals surface area contributed by atoms with Crippen LogP contribution in [0.1, 0.15) is 19.3 Å². The standard InChI is InChI=1S/C28H30N6O6/c35-25-15-38-22-6-7-24(31-27(22)32-25)34-20-5-3-17(11-23(20)40-28(34)37)30-9-10-33-21-12-18(39-19-13-29-14-19)4-1-16(21)2-8-26(33)36/h1-2,4,6-8,12,17,19-20,23,29-30H,3,5,9-11,13-15H2,(H,31,32,35)/t17-,20-,23-/m0/s1. The third-order valence-electron chi connectivity index (χ3n) is 8.02. The van der Waals surface area contributed by atoms with Crippen molar-refractivity contribution in [3.05, 3.63) is 52.8 Å². The number of fused-ring (bicyclic) bond motifs is 3. The molecular weight excluding hydrogens is 516 g/mol. The van der Waals surface area contributed by atoms with Crippen LogP contribution in [0, 0.1) is 0 Å². The Morgan fingerprint density at radius 2 is 1.95 bits per heavy atom. The van der Waals surface area contributed by atoms with Crippen LogP contribution in [-0.2, 0) is 16.1 Å². The lowest BCUT2D eigenvalue weighted by Crippen LogP contribution is -2.50. The average Bonchev–Trinajstić information content (AvgIpc) is 3.26. The first-order valence-electron chi connectivity index (χ1n) is 13.7. The number of nitrogens with one attached hydrogen (secondary N) is 3. The van der Waals surface area contributed by atoms with E-state index in [-0.39, 0.29) is 42.4 Å². The van der Waals surface area contributed by atoms with Crippen LogP contribution < -0.4 is 35.9 Å². The highest BCUT2D eigenvalue weighted by Crippen LogP contribution is 2.37. The summed E-state index contributed by atoms with van der Waals surface area (Å²) >= 11 is 0. The summed E-state index contributed by atoms with van der Waals surface area (Å²) in [7, 11) is 0. The zero-order chi connectivity index (χ0) is 27.2. The normalized spacial score (nSPS) is 24.0. The third kappa shape index (κ3) is 4.62. The molecule has 2 amide bonds. The van der Waals surface area contributed by atoms with Crippen molar-refractivity contribution in [2.75, 3.05) is 36.5 Å². The van der Waals surface area contributed by atoms with Gasteiger partial charge in [0.15, 0.2) is 18.2 Å². The third-order valence-corrected chi connectivity index (χ3v) is 8.02. The van der Waals surface area contributed by atoms with Gasteiger partial charge in [0.1, 0.15) is 23.8 Å². The number of ether oxygens (including phenoxy) is 3. The number of benzene rings is 1. The van der Waals surface area contributed by atoms with E-state index in [1.54, 1.807) is 27.7 Å². The van der Waals surface area contributed by atoms with Crippen molar-refractivity contribution in [3.63, 3.8) is 0 Å². The largest absolute Gasteiger partial charge is 0.488 e. The minimum Gasteiger partial charge on any atom is -0.488 e. The van der Waals surface area contributed by atoms with Crippen molar-refractivity contribution in [1.29, 1.82) is 0 Å². The lowest BCUT2D eigenvalue weighted by atomic mass is 9.88. The van der Waals surface area contributed by atoms with Crippen LogP contribution in [0.2, 0.25) is 0 Å². The van der Waals surface area contributed by atoms with Gasteiger partial charge < -0.3 is 34.7 Å². The molecule has 1 aliphatic carbocycles. The van der Waals surface area contributed by atoms with E-state index in [0.717, 1.165) is 42.6 Å². The van der Waals surface area contributed by atoms with Gasteiger partial charge in [-0.1, -0.05) is 0 Å². The number of hydrogen-bond acceptors (Lipinski definition) is 9. The molecule has 3 aromatic rings. The summed E-state index contributed by atoms with van der Waals surface area (Å²) in [6.07, 6.45) is 1.69. The molecule has 2 saturated heterocycles. The quantitative estimate of drug-likeness (QED) is 0.404. The molecule has 0 bridgehead atoms. The van der Waals surface area contributed by atoms with Gasteiger partial charge in [-0.3, -0.25) is 14.5 Å². The number of rotatable bonds is 7. The molecule has 3 aliphatic heterocycles. The molecule has 3 atom stereocenters. The highest BCUT2D eigenvalue weighted by Gasteiger charge is 2.46. The number of carbonyl (C=O) groups is 2. The summed E-state index contributed by atoms with van der Waals surface area (Å²) in [4.78, 5) is 43.3. The van der Waals surface area contributed by atoms with Crippen LogP contribution in [-0.4, -0.2) is 72.1 Å². The Kier molecular flexibility index (Phi) is 6.28. The fourth-order valence-corrected chi connectivity index (χ4v) is 5.88. The van der Waals surface area contributed by atoms with Crippen molar-refractivity contribution in [2.24, 2.45) is 0 Å². The fourth-order valence-electron chi connectivity index (χ4n) is 5.88. The molecule has 12 heteroatoms. The van der Waals surface area contributed by atoms with E-state index in [1.165, 1.54) is 0 Å². The minimum atomic E-state index is -0.441. The molecule has 7 rings (SSSR count). The molecule has 1 aromatic carbocycles. The van der Waals surface area contributed by atoms with Crippen LogP contribution in [0.15, 0.2) is 47.3 Å². The molecule has 0 spiro atoms. The molecule has 12 nitrogen and oxygen atoms in total. The number of anilines is 2. The molecule has 0 radical (unpaired) electrons. The Morgan fingerprint density at radius 1 is 1.07 bits per heavy atom. The summed E-state index contributed by atoms with van der Waals surface area (Å²) in [5.74, 6) is 1.70. The van der Waals surface area contributed by atoms with Crippen molar-refractivity contribution in [1.82, 2.24) is 20.2 Å². The highest BCUT2D eigenvalue weighted by molar-refractivity contribution is 5.95. The summed E-state index contributed by atoms with van der Waals surface area (Å²) < 4.78 is 18.9. The topological polar surface area (TPSA) is 136 Å². The SMILES string of the molecule is O=C1COc2ccc(N3C(=O)O[C@H]4C[C@@H](NCCn5c(=O)ccc6ccc(OC7CNC7)cc65)CC[C@@H]43)nc2N1. The zero-order valence-electron chi connectivity index (χ0n) is 21.8. The van der Waals surface area contributed by atoms with Crippen LogP contribution in [0.3, 0.4) is 0 Å². The molecule has 5 heterocycles. The van der Waals surface area contributed by atoms with Gasteiger partial charge in [-0.2, -0.15) is 0 Å². The van der Waals surface area contributed by atoms with Gasteiger partial charge in [0, 0.05) is 50.8 Å². The number of pyridine rings is 2. The van der Waals surface area contributed by atoms with E-state index in [1.807, 2.05) is 24.3 Å². The number of amides is 2. The first-order valence-corrected chi connectivity index (χ1v) is 13.7. The molecular formula is C28H30N6O6. The summed E-state index contributed by atoms with van der Waals surface area (Å²) in [6.45, 7) is 2.71. The lowest BCUT2D eigenvalue weighted by Gasteiger charge is -2.33. The van der Waals surface area contributed by atoms with E-state index in [4.69, 9.17) is 14.2 Å². The summed E-state index contributed by atoms with van der Waals surface area (Å²) in [5.41, 5.74) is 0.794. The van der Waals surface area contributed by atoms with Gasteiger partial charge in [-0.15, -0.1) is 0 Å². The minimum absolute atomic E-state index is 0.0538. The second-order valence-electron chi connectivity index (χ2n) is 10.6. The average molecular weight is 547 g/mol. The van der Waals surface area contributed by atoms with E-state index in [9.17, 15) is 14.4 Å². The Labute approximate surface area is 229 Å². The predicted molar refractivity (Wildman–Crippen MR) is 146 cm³/mol. The number of hydrogen-bond donors (Lipinski definition) is 3. The maximum absolute atomic E-state index is 12.8. The molecule has 2 aromatic heterocycles. The molecule has 4 aliphatic rings. The van der Waals surface area contributed by atoms with Crippen LogP contribution >= 0.6 is 0 Å². The predicted octanol–water partition coefficient (Wildman–Crippen LogP) is 1.61. The van der Waals surface area contributed by atoms with E-state index < -0.39 is 6.09 Å². The van der Waals surface area contributed by atoms with Gasteiger partial charge in [-0.25, -0.2) is 9.78 Å². The van der Waals surface area contributed by atoms with Crippen molar-refractivity contribution in [3.8, 4) is 11.5 Å². The maximum Gasteiger partial charge on any atom is 0.416 e. The number of aromatic nitrogens is 2. The van der Waals surface area contributed by atoms with Gasteiger partial charge in [0.2, 0.25) is 0 Å². The molecule has 0 unspecified atom stereocenters. The Bertz CT molecular complexity index is 1540. The molecule has 3 N–H and O–H groups in total. The highest BCUT2D eigenvalue weighted by atomic mass is 16.6. The molecule has 3 fully saturated rings. The Balaban J connectivity index is 0.996. The lowest BCUT2D eigenvalue weighted by molar-refractivity contribution is -0.118. The van der Waals surface area contributed by atoms with E-state index in [0.29, 0.717) is 36.9 Å². The maximum atomic E-state index is 12.8. The first kappa shape index (κ1) is 24.9. The second kappa shape index (κ2) is 10.1. The van der Waals surface area contributed by atoms with Crippen molar-refractivity contribution >= 4 is 34.5 Å². The number of nitrogens with zero attached hydrogens (tertiary/aromatic N) is 3. The molecule has 40 heavy (non-hydrogen) atoms. The van der Waals surface area contributed by atoms with Gasteiger partial charge in [0.05, 0.1) is 11.6 Å². The summed E-state index contributed by atoms with van der Waals surface area (Å²) in [5, 5.41) is 10.4. The zero-order valence-corrected chi connectivity index (χ0v) is 21.8. The second-order valence-corrected chi connectivity index (χ2v) is 10.6. The van der Waals surface area contributed by atoms with Crippen molar-refractivity contribution < 1.29 is 23.8 Å². The number of carbonyl (C=O) groups excluding carboxylic acids is 2. The smallest absolute Gasteiger partial charge is 0.416 e. The van der Waals surface area contributed by atoms with Crippen LogP contribution in [0.25, 0.3) is 10.9 Å². The first-order chi connectivity index (χ1) is 19.5. The van der Waals surface area contributed by atoms with E-state index >= 15 is 0 Å². The monoisotopic (exact) mass is 546 g/mol. The summed E-state index contributed by atoms with van der Waals surface area (Å²) in [6, 6.07) is 12.8. The Hall–Kier alpha value is -4.16. The fraction of sp³-hybridized carbons (Fsp3) is 0.429. The van der Waals surface area contributed by atoms with Crippen LogP contribution in [0.5, 0.6) is 11.5 Å². The Morgan fingerprint density at radius 3 is 2.80 bits per heavy atom. The van der Waals surface area contributed by atoms with Gasteiger partial charge in [0.25, 0.3) is 11.5 Å². The molecule has 208 valence electrons. The van der Waals surface area contributed by atoms with E-state index in [2.05, 4.69) is 20.9 Å². The molecule has 1 saturated carbocycles. The van der Waals surface area contributed by atoms with Crippen LogP contribution in [0.4, 0.5) is 16.4 Å². The van der Waals surface area contributed by atoms with Gasteiger partial charge in [-0.05, 0) is 48.6 Å². The van der Waals surface area contributed by atoms with Crippen molar-refractivity contribution in [2.45, 2.75) is 50.1 Å².